The second kappa shape index (κ2) is 7.99. The fraction of sp³-hybridized carbons (Fsp3) is 0.200. The minimum absolute atomic E-state index is 0.180. The molecule has 0 saturated carbocycles. The van der Waals surface area contributed by atoms with Crippen molar-refractivity contribution in [1.29, 1.82) is 0 Å². The normalized spacial score (nSPS) is 11.4. The van der Waals surface area contributed by atoms with Gasteiger partial charge in [0.1, 0.15) is 0 Å². The molecule has 2 rings (SSSR count). The second-order valence-electron chi connectivity index (χ2n) is 6.66. The van der Waals surface area contributed by atoms with Crippen LogP contribution in [0.15, 0.2) is 54.6 Å². The van der Waals surface area contributed by atoms with E-state index in [-0.39, 0.29) is 17.4 Å². The van der Waals surface area contributed by atoms with Gasteiger partial charge in [0.05, 0.1) is 0 Å². The van der Waals surface area contributed by atoms with Gasteiger partial charge < -0.3 is 10.6 Å². The Morgan fingerprint density at radius 3 is 2.36 bits per heavy atom. The molecule has 4 nitrogen and oxygen atoms in total. The molecular formula is C20H21ClN2O2. The lowest BCUT2D eigenvalue weighted by Gasteiger charge is -2.20. The fourth-order valence-electron chi connectivity index (χ4n) is 2.08. The molecule has 0 unspecified atom stereocenters. The third-order valence-electron chi connectivity index (χ3n) is 3.18. The Hall–Kier alpha value is -2.59. The number of anilines is 1. The van der Waals surface area contributed by atoms with Gasteiger partial charge in [0.25, 0.3) is 5.91 Å². The Bertz CT molecular complexity index is 790. The van der Waals surface area contributed by atoms with Gasteiger partial charge in [-0.25, -0.2) is 0 Å². The molecule has 0 bridgehead atoms. The van der Waals surface area contributed by atoms with Crippen molar-refractivity contribution < 1.29 is 9.59 Å². The van der Waals surface area contributed by atoms with Crippen molar-refractivity contribution in [3.05, 3.63) is 70.8 Å². The summed E-state index contributed by atoms with van der Waals surface area (Å²) in [5, 5.41) is 6.29. The van der Waals surface area contributed by atoms with Crippen molar-refractivity contribution in [2.45, 2.75) is 26.3 Å². The molecular weight excluding hydrogens is 336 g/mol. The maximum atomic E-state index is 12.2. The van der Waals surface area contributed by atoms with Crippen LogP contribution in [0, 0.1) is 0 Å². The minimum atomic E-state index is -0.322. The summed E-state index contributed by atoms with van der Waals surface area (Å²) in [6.07, 6.45) is 3.13. The minimum Gasteiger partial charge on any atom is -0.347 e. The molecule has 2 aromatic rings. The highest BCUT2D eigenvalue weighted by molar-refractivity contribution is 6.30. The maximum Gasteiger partial charge on any atom is 0.251 e. The van der Waals surface area contributed by atoms with E-state index in [1.54, 1.807) is 42.5 Å². The predicted octanol–water partition coefficient (Wildman–Crippen LogP) is 4.52. The lowest BCUT2D eigenvalue weighted by Crippen LogP contribution is -2.40. The van der Waals surface area contributed by atoms with E-state index in [2.05, 4.69) is 10.6 Å². The van der Waals surface area contributed by atoms with Crippen LogP contribution < -0.4 is 10.6 Å². The first-order chi connectivity index (χ1) is 11.7. The standard InChI is InChI=1S/C20H21ClN2O2/c1-20(2,3)23-19(25)15-5-4-6-17(13-15)22-18(24)12-9-14-7-10-16(21)11-8-14/h4-13H,1-3H3,(H,22,24)(H,23,25)/b12-9+. The number of carbonyl (C=O) groups is 2. The number of rotatable bonds is 4. The molecule has 0 atom stereocenters. The summed E-state index contributed by atoms with van der Waals surface area (Å²) in [5.74, 6) is -0.455. The molecule has 0 radical (unpaired) electrons. The number of amides is 2. The van der Waals surface area contributed by atoms with Crippen LogP contribution in [0.25, 0.3) is 6.08 Å². The summed E-state index contributed by atoms with van der Waals surface area (Å²) in [6, 6.07) is 14.0. The third-order valence-corrected chi connectivity index (χ3v) is 3.43. The van der Waals surface area contributed by atoms with Gasteiger partial charge in [-0.05, 0) is 62.7 Å². The zero-order valence-corrected chi connectivity index (χ0v) is 15.2. The van der Waals surface area contributed by atoms with Crippen LogP contribution in [0.4, 0.5) is 5.69 Å². The molecule has 5 heteroatoms. The Morgan fingerprint density at radius 1 is 1.04 bits per heavy atom. The highest BCUT2D eigenvalue weighted by atomic mass is 35.5. The SMILES string of the molecule is CC(C)(C)NC(=O)c1cccc(NC(=O)/C=C/c2ccc(Cl)cc2)c1. The Morgan fingerprint density at radius 2 is 1.72 bits per heavy atom. The zero-order valence-electron chi connectivity index (χ0n) is 14.5. The van der Waals surface area contributed by atoms with E-state index in [4.69, 9.17) is 11.6 Å². The van der Waals surface area contributed by atoms with Crippen LogP contribution in [-0.2, 0) is 4.79 Å². The highest BCUT2D eigenvalue weighted by Crippen LogP contribution is 2.13. The smallest absolute Gasteiger partial charge is 0.251 e. The van der Waals surface area contributed by atoms with Gasteiger partial charge in [-0.1, -0.05) is 29.8 Å². The first-order valence-corrected chi connectivity index (χ1v) is 8.28. The molecule has 0 heterocycles. The first kappa shape index (κ1) is 18.7. The van der Waals surface area contributed by atoms with Crippen molar-refractivity contribution in [2.24, 2.45) is 0 Å². The summed E-state index contributed by atoms with van der Waals surface area (Å²) in [5.41, 5.74) is 1.61. The average molecular weight is 357 g/mol. The quantitative estimate of drug-likeness (QED) is 0.791. The van der Waals surface area contributed by atoms with E-state index in [0.717, 1.165) is 5.56 Å². The van der Waals surface area contributed by atoms with Gasteiger partial charge in [0.15, 0.2) is 0 Å². The molecule has 0 aromatic heterocycles. The number of hydrogen-bond acceptors (Lipinski definition) is 2. The predicted molar refractivity (Wildman–Crippen MR) is 103 cm³/mol. The Labute approximate surface area is 152 Å². The van der Waals surface area contributed by atoms with E-state index in [0.29, 0.717) is 16.3 Å². The maximum absolute atomic E-state index is 12.2. The van der Waals surface area contributed by atoms with Crippen LogP contribution in [0.2, 0.25) is 5.02 Å². The van der Waals surface area contributed by atoms with Crippen molar-refractivity contribution in [1.82, 2.24) is 5.32 Å². The van der Waals surface area contributed by atoms with Crippen LogP contribution in [-0.4, -0.2) is 17.4 Å². The average Bonchev–Trinajstić information content (AvgIpc) is 2.53. The molecule has 25 heavy (non-hydrogen) atoms. The van der Waals surface area contributed by atoms with Crippen molar-refractivity contribution in [3.8, 4) is 0 Å². The van der Waals surface area contributed by atoms with Crippen LogP contribution >= 0.6 is 11.6 Å². The molecule has 2 aromatic carbocycles. The highest BCUT2D eigenvalue weighted by Gasteiger charge is 2.15. The topological polar surface area (TPSA) is 58.2 Å². The summed E-state index contributed by atoms with van der Waals surface area (Å²) in [7, 11) is 0. The van der Waals surface area contributed by atoms with Crippen molar-refractivity contribution in [2.75, 3.05) is 5.32 Å². The van der Waals surface area contributed by atoms with Crippen molar-refractivity contribution >= 4 is 35.2 Å². The van der Waals surface area contributed by atoms with Gasteiger partial charge in [0, 0.05) is 27.9 Å². The van der Waals surface area contributed by atoms with E-state index in [9.17, 15) is 9.59 Å². The van der Waals surface area contributed by atoms with Crippen molar-refractivity contribution in [3.63, 3.8) is 0 Å². The van der Waals surface area contributed by atoms with Crippen LogP contribution in [0.5, 0.6) is 0 Å². The first-order valence-electron chi connectivity index (χ1n) is 7.90. The lowest BCUT2D eigenvalue weighted by molar-refractivity contribution is -0.111. The molecule has 0 spiro atoms. The molecule has 2 N–H and O–H groups in total. The summed E-state index contributed by atoms with van der Waals surface area (Å²) < 4.78 is 0. The molecule has 0 aliphatic heterocycles. The summed E-state index contributed by atoms with van der Waals surface area (Å²) in [4.78, 5) is 24.2. The lowest BCUT2D eigenvalue weighted by atomic mass is 10.1. The molecule has 0 fully saturated rings. The largest absolute Gasteiger partial charge is 0.347 e. The van der Waals surface area contributed by atoms with Gasteiger partial charge in [0.2, 0.25) is 5.91 Å². The van der Waals surface area contributed by atoms with Gasteiger partial charge in [-0.3, -0.25) is 9.59 Å². The number of halogens is 1. The zero-order chi connectivity index (χ0) is 18.4. The Kier molecular flexibility index (Phi) is 5.99. The van der Waals surface area contributed by atoms with E-state index in [1.807, 2.05) is 32.9 Å². The molecule has 0 saturated heterocycles. The van der Waals surface area contributed by atoms with E-state index in [1.165, 1.54) is 6.08 Å². The van der Waals surface area contributed by atoms with Gasteiger partial charge >= 0.3 is 0 Å². The third kappa shape index (κ3) is 6.43. The molecule has 2 amide bonds. The van der Waals surface area contributed by atoms with Crippen LogP contribution in [0.3, 0.4) is 0 Å². The number of carbonyl (C=O) groups excluding carboxylic acids is 2. The number of nitrogens with one attached hydrogen (secondary N) is 2. The van der Waals surface area contributed by atoms with Crippen LogP contribution in [0.1, 0.15) is 36.7 Å². The Balaban J connectivity index is 2.02. The van der Waals surface area contributed by atoms with E-state index >= 15 is 0 Å². The molecule has 130 valence electrons. The number of hydrogen-bond donors (Lipinski definition) is 2. The molecule has 0 aliphatic carbocycles. The fourth-order valence-corrected chi connectivity index (χ4v) is 2.21. The van der Waals surface area contributed by atoms with E-state index < -0.39 is 0 Å². The van der Waals surface area contributed by atoms with Gasteiger partial charge in [-0.15, -0.1) is 0 Å². The summed E-state index contributed by atoms with van der Waals surface area (Å²) >= 11 is 5.83. The second-order valence-corrected chi connectivity index (χ2v) is 7.10. The summed E-state index contributed by atoms with van der Waals surface area (Å²) in [6.45, 7) is 5.74. The van der Waals surface area contributed by atoms with Gasteiger partial charge in [-0.2, -0.15) is 0 Å². The monoisotopic (exact) mass is 356 g/mol. The number of benzene rings is 2. The molecule has 0 aliphatic rings.